The van der Waals surface area contributed by atoms with Gasteiger partial charge in [-0.15, -0.1) is 11.8 Å². The fourth-order valence-corrected chi connectivity index (χ4v) is 2.83. The summed E-state index contributed by atoms with van der Waals surface area (Å²) in [6.45, 7) is 3.29. The van der Waals surface area contributed by atoms with Crippen molar-refractivity contribution >= 4 is 11.8 Å². The van der Waals surface area contributed by atoms with Crippen LogP contribution < -0.4 is 5.32 Å². The van der Waals surface area contributed by atoms with Crippen LogP contribution in [0.4, 0.5) is 0 Å². The van der Waals surface area contributed by atoms with Gasteiger partial charge < -0.3 is 5.32 Å². The van der Waals surface area contributed by atoms with Crippen LogP contribution >= 0.6 is 11.8 Å². The molecule has 1 aliphatic rings. The van der Waals surface area contributed by atoms with E-state index in [4.69, 9.17) is 0 Å². The van der Waals surface area contributed by atoms with E-state index in [0.29, 0.717) is 0 Å². The summed E-state index contributed by atoms with van der Waals surface area (Å²) in [7, 11) is 0. The summed E-state index contributed by atoms with van der Waals surface area (Å²) < 4.78 is 0. The average molecular weight is 249 g/mol. The Bertz CT molecular complexity index is 333. The molecule has 0 unspecified atom stereocenters. The maximum Gasteiger partial charge on any atom is 0.0208 e. The lowest BCUT2D eigenvalue weighted by Crippen LogP contribution is -2.15. The molecule has 1 saturated carbocycles. The van der Waals surface area contributed by atoms with Gasteiger partial charge in [0.15, 0.2) is 0 Å². The van der Waals surface area contributed by atoms with E-state index in [1.165, 1.54) is 48.3 Å². The van der Waals surface area contributed by atoms with E-state index in [1.807, 2.05) is 11.8 Å². The summed E-state index contributed by atoms with van der Waals surface area (Å²) in [6, 6.07) is 9.79. The van der Waals surface area contributed by atoms with Crippen molar-refractivity contribution in [3.63, 3.8) is 0 Å². The van der Waals surface area contributed by atoms with Gasteiger partial charge in [-0.1, -0.05) is 31.9 Å². The highest BCUT2D eigenvalue weighted by Crippen LogP contribution is 2.22. The zero-order valence-electron chi connectivity index (χ0n) is 10.7. The molecule has 0 atom stereocenters. The Labute approximate surface area is 109 Å². The quantitative estimate of drug-likeness (QED) is 0.547. The first-order valence-corrected chi connectivity index (χ1v) is 7.82. The predicted molar refractivity (Wildman–Crippen MR) is 76.6 cm³/mol. The van der Waals surface area contributed by atoms with E-state index in [1.54, 1.807) is 0 Å². The van der Waals surface area contributed by atoms with Crippen LogP contribution in [0.3, 0.4) is 0 Å². The summed E-state index contributed by atoms with van der Waals surface area (Å²) in [6.07, 6.45) is 6.74. The molecule has 0 radical (unpaired) electrons. The summed E-state index contributed by atoms with van der Waals surface area (Å²) in [5.41, 5.74) is 1.43. The fourth-order valence-electron chi connectivity index (χ4n) is 1.84. The smallest absolute Gasteiger partial charge is 0.0208 e. The topological polar surface area (TPSA) is 12.0 Å². The molecule has 1 aromatic rings. The van der Waals surface area contributed by atoms with E-state index < -0.39 is 0 Å². The number of unbranched alkanes of at least 4 members (excludes halogenated alkanes) is 2. The van der Waals surface area contributed by atoms with Crippen molar-refractivity contribution in [2.45, 2.75) is 56.5 Å². The van der Waals surface area contributed by atoms with Crippen LogP contribution in [0.15, 0.2) is 29.2 Å². The summed E-state index contributed by atoms with van der Waals surface area (Å²) in [5, 5.41) is 3.57. The molecule has 0 heterocycles. The van der Waals surface area contributed by atoms with Crippen LogP contribution in [0.1, 0.15) is 44.6 Å². The van der Waals surface area contributed by atoms with E-state index >= 15 is 0 Å². The monoisotopic (exact) mass is 249 g/mol. The third-order valence-electron chi connectivity index (χ3n) is 3.09. The van der Waals surface area contributed by atoms with Gasteiger partial charge in [-0.3, -0.25) is 0 Å². The van der Waals surface area contributed by atoms with Gasteiger partial charge in [-0.2, -0.15) is 0 Å². The molecule has 1 N–H and O–H groups in total. The fraction of sp³-hybridized carbons (Fsp3) is 0.600. The number of benzene rings is 1. The third kappa shape index (κ3) is 5.13. The van der Waals surface area contributed by atoms with Gasteiger partial charge in [0.25, 0.3) is 0 Å². The Morgan fingerprint density at radius 1 is 1.29 bits per heavy atom. The number of hydrogen-bond donors (Lipinski definition) is 1. The molecule has 1 fully saturated rings. The van der Waals surface area contributed by atoms with E-state index in [9.17, 15) is 0 Å². The Hall–Kier alpha value is -0.470. The van der Waals surface area contributed by atoms with Crippen molar-refractivity contribution in [1.82, 2.24) is 5.32 Å². The number of rotatable bonds is 8. The molecule has 0 amide bonds. The minimum Gasteiger partial charge on any atom is -0.310 e. The van der Waals surface area contributed by atoms with Crippen molar-refractivity contribution in [3.8, 4) is 0 Å². The molecule has 0 aliphatic heterocycles. The molecule has 1 aromatic carbocycles. The predicted octanol–water partition coefficient (Wildman–Crippen LogP) is 4.22. The van der Waals surface area contributed by atoms with Gasteiger partial charge in [-0.25, -0.2) is 0 Å². The van der Waals surface area contributed by atoms with Crippen LogP contribution in [0, 0.1) is 0 Å². The van der Waals surface area contributed by atoms with Crippen LogP contribution in [-0.4, -0.2) is 11.8 Å². The second-order valence-corrected chi connectivity index (χ2v) is 6.03. The molecule has 17 heavy (non-hydrogen) atoms. The minimum atomic E-state index is 0.802. The molecule has 1 aliphatic carbocycles. The van der Waals surface area contributed by atoms with Crippen LogP contribution in [0.2, 0.25) is 0 Å². The minimum absolute atomic E-state index is 0.802. The summed E-state index contributed by atoms with van der Waals surface area (Å²) >= 11 is 2.00. The number of nitrogens with one attached hydrogen (secondary N) is 1. The second-order valence-electron chi connectivity index (χ2n) is 4.86. The highest BCUT2D eigenvalue weighted by atomic mass is 32.2. The lowest BCUT2D eigenvalue weighted by molar-refractivity contribution is 0.687. The van der Waals surface area contributed by atoms with Gasteiger partial charge >= 0.3 is 0 Å². The Morgan fingerprint density at radius 3 is 2.94 bits per heavy atom. The lowest BCUT2D eigenvalue weighted by Gasteiger charge is -2.06. The summed E-state index contributed by atoms with van der Waals surface area (Å²) in [4.78, 5) is 1.43. The van der Waals surface area contributed by atoms with E-state index in [-0.39, 0.29) is 0 Å². The normalized spacial score (nSPS) is 15.1. The Kier molecular flexibility index (Phi) is 5.40. The molecule has 0 aromatic heterocycles. The number of hydrogen-bond acceptors (Lipinski definition) is 2. The zero-order chi connectivity index (χ0) is 11.9. The molecule has 0 saturated heterocycles. The van der Waals surface area contributed by atoms with Gasteiger partial charge in [0.2, 0.25) is 0 Å². The molecule has 2 rings (SSSR count). The van der Waals surface area contributed by atoms with Gasteiger partial charge in [-0.05, 0) is 42.7 Å². The first-order valence-electron chi connectivity index (χ1n) is 6.83. The average Bonchev–Trinajstić information content (AvgIpc) is 3.17. The molecular weight excluding hydrogens is 226 g/mol. The molecule has 0 spiro atoms. The lowest BCUT2D eigenvalue weighted by atomic mass is 10.2. The Morgan fingerprint density at radius 2 is 2.18 bits per heavy atom. The molecule has 2 heteroatoms. The molecular formula is C15H23NS. The molecule has 1 nitrogen and oxygen atoms in total. The van der Waals surface area contributed by atoms with Crippen molar-refractivity contribution in [2.24, 2.45) is 0 Å². The van der Waals surface area contributed by atoms with Crippen molar-refractivity contribution in [1.29, 1.82) is 0 Å². The largest absolute Gasteiger partial charge is 0.310 e. The van der Waals surface area contributed by atoms with Gasteiger partial charge in [0.05, 0.1) is 0 Å². The SMILES string of the molecule is CCCCCSc1cccc(CNC2CC2)c1. The maximum atomic E-state index is 3.57. The molecule has 94 valence electrons. The van der Waals surface area contributed by atoms with Crippen LogP contribution in [0.5, 0.6) is 0 Å². The van der Waals surface area contributed by atoms with E-state index in [2.05, 4.69) is 36.5 Å². The zero-order valence-corrected chi connectivity index (χ0v) is 11.6. The first kappa shape index (κ1) is 13.0. The van der Waals surface area contributed by atoms with Gasteiger partial charge in [0.1, 0.15) is 0 Å². The van der Waals surface area contributed by atoms with E-state index in [0.717, 1.165) is 12.6 Å². The van der Waals surface area contributed by atoms with Crippen molar-refractivity contribution in [3.05, 3.63) is 29.8 Å². The molecule has 0 bridgehead atoms. The standard InChI is InChI=1S/C15H23NS/c1-2-3-4-10-17-15-7-5-6-13(11-15)12-16-14-8-9-14/h5-7,11,14,16H,2-4,8-10,12H2,1H3. The summed E-state index contributed by atoms with van der Waals surface area (Å²) in [5.74, 6) is 1.26. The first-order chi connectivity index (χ1) is 8.38. The highest BCUT2D eigenvalue weighted by Gasteiger charge is 2.19. The van der Waals surface area contributed by atoms with Crippen LogP contribution in [0.25, 0.3) is 0 Å². The highest BCUT2D eigenvalue weighted by molar-refractivity contribution is 7.99. The van der Waals surface area contributed by atoms with Crippen molar-refractivity contribution < 1.29 is 0 Å². The van der Waals surface area contributed by atoms with Crippen LogP contribution in [-0.2, 0) is 6.54 Å². The van der Waals surface area contributed by atoms with Crippen molar-refractivity contribution in [2.75, 3.05) is 5.75 Å². The number of thioether (sulfide) groups is 1. The third-order valence-corrected chi connectivity index (χ3v) is 4.17. The van der Waals surface area contributed by atoms with Gasteiger partial charge in [0, 0.05) is 17.5 Å². The second kappa shape index (κ2) is 7.07. The Balaban J connectivity index is 1.74. The maximum absolute atomic E-state index is 3.57.